The van der Waals surface area contributed by atoms with E-state index in [0.717, 1.165) is 24.3 Å². The molecule has 0 saturated carbocycles. The monoisotopic (exact) mass is 386 g/mol. The van der Waals surface area contributed by atoms with Crippen molar-refractivity contribution in [3.63, 3.8) is 0 Å². The average Bonchev–Trinajstić information content (AvgIpc) is 3.06. The summed E-state index contributed by atoms with van der Waals surface area (Å²) in [6.45, 7) is 3.15. The summed E-state index contributed by atoms with van der Waals surface area (Å²) in [5.41, 5.74) is 1.33. The number of hydrogen-bond donors (Lipinski definition) is 1. The second kappa shape index (κ2) is 8.91. The smallest absolute Gasteiger partial charge is 0.229 e. The van der Waals surface area contributed by atoms with Crippen LogP contribution in [0.3, 0.4) is 0 Å². The van der Waals surface area contributed by atoms with Gasteiger partial charge in [-0.2, -0.15) is 0 Å². The lowest BCUT2D eigenvalue weighted by molar-refractivity contribution is -0.122. The summed E-state index contributed by atoms with van der Waals surface area (Å²) in [6, 6.07) is 14.5. The second-order valence-electron chi connectivity index (χ2n) is 6.57. The Kier molecular flexibility index (Phi) is 6.35. The Bertz CT molecular complexity index is 807. The van der Waals surface area contributed by atoms with Gasteiger partial charge in [-0.1, -0.05) is 37.1 Å². The number of hydrogen-bond acceptors (Lipinski definition) is 3. The number of para-hydroxylation sites is 1. The normalized spacial score (nSPS) is 16.4. The molecule has 0 unspecified atom stereocenters. The fourth-order valence-electron chi connectivity index (χ4n) is 2.99. The summed E-state index contributed by atoms with van der Waals surface area (Å²) < 4.78 is 5.65. The summed E-state index contributed by atoms with van der Waals surface area (Å²) in [5.74, 6) is 0.119. The Balaban J connectivity index is 1.61. The van der Waals surface area contributed by atoms with E-state index < -0.39 is 5.92 Å². The third kappa shape index (κ3) is 4.80. The van der Waals surface area contributed by atoms with Gasteiger partial charge in [-0.15, -0.1) is 0 Å². The van der Waals surface area contributed by atoms with E-state index in [4.69, 9.17) is 16.3 Å². The van der Waals surface area contributed by atoms with Gasteiger partial charge in [0, 0.05) is 18.7 Å². The van der Waals surface area contributed by atoms with Gasteiger partial charge >= 0.3 is 0 Å². The number of amides is 2. The van der Waals surface area contributed by atoms with E-state index >= 15 is 0 Å². The molecule has 0 aromatic heterocycles. The fourth-order valence-corrected chi connectivity index (χ4v) is 3.17. The number of carbonyl (C=O) groups is 2. The van der Waals surface area contributed by atoms with Crippen LogP contribution in [0.5, 0.6) is 5.75 Å². The zero-order valence-electron chi connectivity index (χ0n) is 15.3. The molecule has 1 aliphatic rings. The van der Waals surface area contributed by atoms with E-state index in [2.05, 4.69) is 12.2 Å². The minimum absolute atomic E-state index is 0.0611. The molecule has 5 nitrogen and oxygen atoms in total. The highest BCUT2D eigenvalue weighted by Gasteiger charge is 2.35. The lowest BCUT2D eigenvalue weighted by Crippen LogP contribution is -2.28. The Labute approximate surface area is 164 Å². The molecule has 1 aliphatic heterocycles. The van der Waals surface area contributed by atoms with Gasteiger partial charge in [-0.3, -0.25) is 9.59 Å². The number of nitrogens with zero attached hydrogens (tertiary/aromatic N) is 1. The first kappa shape index (κ1) is 19.2. The maximum absolute atomic E-state index is 12.5. The van der Waals surface area contributed by atoms with E-state index in [9.17, 15) is 9.59 Å². The van der Waals surface area contributed by atoms with Crippen LogP contribution in [0.1, 0.15) is 26.2 Å². The van der Waals surface area contributed by atoms with Crippen molar-refractivity contribution < 1.29 is 14.3 Å². The van der Waals surface area contributed by atoms with Crippen LogP contribution >= 0.6 is 11.6 Å². The number of ether oxygens (including phenoxy) is 1. The van der Waals surface area contributed by atoms with Crippen LogP contribution in [-0.2, 0) is 9.59 Å². The molecule has 3 rings (SSSR count). The highest BCUT2D eigenvalue weighted by molar-refractivity contribution is 6.33. The van der Waals surface area contributed by atoms with Crippen molar-refractivity contribution in [2.24, 2.45) is 5.92 Å². The first-order chi connectivity index (χ1) is 13.1. The molecule has 1 N–H and O–H groups in total. The number of unbranched alkanes of at least 4 members (excludes halogenated alkanes) is 1. The third-order valence-electron chi connectivity index (χ3n) is 4.54. The summed E-state index contributed by atoms with van der Waals surface area (Å²) >= 11 is 6.08. The van der Waals surface area contributed by atoms with Crippen LogP contribution in [0.2, 0.25) is 5.02 Å². The van der Waals surface area contributed by atoms with Gasteiger partial charge in [0.15, 0.2) is 0 Å². The van der Waals surface area contributed by atoms with Crippen LogP contribution in [0.25, 0.3) is 0 Å². The minimum Gasteiger partial charge on any atom is -0.494 e. The predicted octanol–water partition coefficient (Wildman–Crippen LogP) is 4.51. The van der Waals surface area contributed by atoms with Gasteiger partial charge < -0.3 is 15.0 Å². The van der Waals surface area contributed by atoms with Crippen LogP contribution in [0, 0.1) is 5.92 Å². The molecular formula is C21H23ClN2O3. The van der Waals surface area contributed by atoms with Crippen LogP contribution < -0.4 is 15.0 Å². The van der Waals surface area contributed by atoms with Gasteiger partial charge in [-0.05, 0) is 42.8 Å². The SMILES string of the molecule is CCCCOc1ccc(N2C[C@@H](C(=O)Nc3ccccc3Cl)CC2=O)cc1. The highest BCUT2D eigenvalue weighted by atomic mass is 35.5. The number of rotatable bonds is 7. The number of halogens is 1. The van der Waals surface area contributed by atoms with Crippen LogP contribution in [0.4, 0.5) is 11.4 Å². The molecule has 0 aliphatic carbocycles. The van der Waals surface area contributed by atoms with Crippen molar-refractivity contribution in [2.45, 2.75) is 26.2 Å². The largest absolute Gasteiger partial charge is 0.494 e. The Morgan fingerprint density at radius 2 is 1.96 bits per heavy atom. The first-order valence-corrected chi connectivity index (χ1v) is 9.55. The maximum Gasteiger partial charge on any atom is 0.229 e. The molecule has 2 amide bonds. The van der Waals surface area contributed by atoms with E-state index in [-0.39, 0.29) is 18.2 Å². The van der Waals surface area contributed by atoms with Gasteiger partial charge in [0.2, 0.25) is 11.8 Å². The molecule has 1 fully saturated rings. The molecule has 0 radical (unpaired) electrons. The van der Waals surface area contributed by atoms with Gasteiger partial charge in [0.05, 0.1) is 23.2 Å². The van der Waals surface area contributed by atoms with Gasteiger partial charge in [0.25, 0.3) is 0 Å². The van der Waals surface area contributed by atoms with Gasteiger partial charge in [0.1, 0.15) is 5.75 Å². The average molecular weight is 387 g/mol. The van der Waals surface area contributed by atoms with Gasteiger partial charge in [-0.25, -0.2) is 0 Å². The standard InChI is InChI=1S/C21H23ClN2O3/c1-2-3-12-27-17-10-8-16(9-11-17)24-14-15(13-20(24)25)21(26)23-19-7-5-4-6-18(19)22/h4-11,15H,2-3,12-14H2,1H3,(H,23,26)/t15-/m0/s1. The summed E-state index contributed by atoms with van der Waals surface area (Å²) in [6.07, 6.45) is 2.28. The molecule has 142 valence electrons. The van der Waals surface area contributed by atoms with Crippen LogP contribution in [-0.4, -0.2) is 25.0 Å². The van der Waals surface area contributed by atoms with Crippen molar-refractivity contribution in [3.05, 3.63) is 53.6 Å². The molecule has 0 spiro atoms. The molecular weight excluding hydrogens is 364 g/mol. The summed E-state index contributed by atoms with van der Waals surface area (Å²) in [5, 5.41) is 3.29. The summed E-state index contributed by atoms with van der Waals surface area (Å²) in [4.78, 5) is 26.6. The zero-order valence-corrected chi connectivity index (χ0v) is 16.0. The molecule has 0 bridgehead atoms. The molecule has 27 heavy (non-hydrogen) atoms. The second-order valence-corrected chi connectivity index (χ2v) is 6.98. The van der Waals surface area contributed by atoms with Crippen molar-refractivity contribution in [2.75, 3.05) is 23.4 Å². The first-order valence-electron chi connectivity index (χ1n) is 9.17. The maximum atomic E-state index is 12.5. The lowest BCUT2D eigenvalue weighted by atomic mass is 10.1. The van der Waals surface area contributed by atoms with Crippen molar-refractivity contribution in [3.8, 4) is 5.75 Å². The Morgan fingerprint density at radius 1 is 1.22 bits per heavy atom. The minimum atomic E-state index is -0.408. The number of benzene rings is 2. The molecule has 2 aromatic carbocycles. The molecule has 2 aromatic rings. The Morgan fingerprint density at radius 3 is 2.67 bits per heavy atom. The Hall–Kier alpha value is -2.53. The zero-order chi connectivity index (χ0) is 19.2. The molecule has 1 saturated heterocycles. The summed E-state index contributed by atoms with van der Waals surface area (Å²) in [7, 11) is 0. The number of anilines is 2. The van der Waals surface area contributed by atoms with E-state index in [0.29, 0.717) is 23.9 Å². The predicted molar refractivity (Wildman–Crippen MR) is 107 cm³/mol. The molecule has 1 heterocycles. The van der Waals surface area contributed by atoms with Crippen molar-refractivity contribution in [1.29, 1.82) is 0 Å². The third-order valence-corrected chi connectivity index (χ3v) is 4.87. The molecule has 6 heteroatoms. The van der Waals surface area contributed by atoms with Crippen LogP contribution in [0.15, 0.2) is 48.5 Å². The quantitative estimate of drug-likeness (QED) is 0.712. The van der Waals surface area contributed by atoms with E-state index in [1.807, 2.05) is 24.3 Å². The van der Waals surface area contributed by atoms with Crippen molar-refractivity contribution >= 4 is 34.8 Å². The topological polar surface area (TPSA) is 58.6 Å². The highest BCUT2D eigenvalue weighted by Crippen LogP contribution is 2.28. The fraction of sp³-hybridized carbons (Fsp3) is 0.333. The molecule has 1 atom stereocenters. The van der Waals surface area contributed by atoms with E-state index in [1.54, 1.807) is 29.2 Å². The number of nitrogens with one attached hydrogen (secondary N) is 1. The lowest BCUT2D eigenvalue weighted by Gasteiger charge is -2.17. The van der Waals surface area contributed by atoms with Crippen molar-refractivity contribution in [1.82, 2.24) is 0 Å². The number of carbonyl (C=O) groups excluding carboxylic acids is 2. The van der Waals surface area contributed by atoms with E-state index in [1.165, 1.54) is 0 Å².